The first-order valence-corrected chi connectivity index (χ1v) is 6.24. The third-order valence-corrected chi connectivity index (χ3v) is 3.15. The molecule has 1 rings (SSSR count). The molecule has 1 N–H and O–H groups in total. The van der Waals surface area contributed by atoms with Gasteiger partial charge < -0.3 is 0 Å². The van der Waals surface area contributed by atoms with Crippen LogP contribution in [0.4, 0.5) is 0 Å². The van der Waals surface area contributed by atoms with Gasteiger partial charge in [-0.2, -0.15) is 0 Å². The molecule has 68 valence electrons. The molecule has 1 aromatic heterocycles. The molecule has 0 amide bonds. The molecule has 5 heteroatoms. The Morgan fingerprint density at radius 1 is 1.58 bits per heavy atom. The molecule has 0 spiro atoms. The van der Waals surface area contributed by atoms with Crippen molar-refractivity contribution >= 4 is 21.4 Å². The van der Waals surface area contributed by atoms with Gasteiger partial charge in [-0.05, 0) is 23.9 Å². The lowest BCUT2D eigenvalue weighted by Gasteiger charge is -2.00. The van der Waals surface area contributed by atoms with E-state index in [9.17, 15) is 8.42 Å². The predicted octanol–water partition coefficient (Wildman–Crippen LogP) is 1.11. The summed E-state index contributed by atoms with van der Waals surface area (Å²) >= 11 is 1.56. The van der Waals surface area contributed by atoms with E-state index >= 15 is 0 Å². The Bertz CT molecular complexity index is 353. The minimum atomic E-state index is -3.06. The maximum absolute atomic E-state index is 10.7. The number of thiophene rings is 1. The number of hydrogen-bond acceptors (Lipinski definition) is 3. The van der Waals surface area contributed by atoms with Crippen molar-refractivity contribution in [3.8, 4) is 0 Å². The van der Waals surface area contributed by atoms with Crippen molar-refractivity contribution in [3.05, 3.63) is 21.9 Å². The average molecular weight is 205 g/mol. The van der Waals surface area contributed by atoms with Gasteiger partial charge in [-0.15, -0.1) is 11.3 Å². The van der Waals surface area contributed by atoms with Crippen LogP contribution in [-0.4, -0.2) is 14.7 Å². The van der Waals surface area contributed by atoms with E-state index in [2.05, 4.69) is 4.72 Å². The molecule has 0 saturated carbocycles. The molecule has 0 aromatic carbocycles. The number of sulfonamides is 1. The summed E-state index contributed by atoms with van der Waals surface area (Å²) < 4.78 is 23.9. The molecule has 0 radical (unpaired) electrons. The molecule has 0 saturated heterocycles. The van der Waals surface area contributed by atoms with Crippen LogP contribution >= 0.6 is 11.3 Å². The molecule has 0 unspecified atom stereocenters. The summed E-state index contributed by atoms with van der Waals surface area (Å²) in [5.41, 5.74) is 1.14. The first-order chi connectivity index (χ1) is 5.49. The van der Waals surface area contributed by atoms with Crippen molar-refractivity contribution in [3.63, 3.8) is 0 Å². The molecule has 3 nitrogen and oxygen atoms in total. The smallest absolute Gasteiger partial charge is 0.209 e. The summed E-state index contributed by atoms with van der Waals surface area (Å²) in [6.45, 7) is 2.37. The molecule has 1 aromatic rings. The lowest BCUT2D eigenvalue weighted by atomic mass is 10.3. The molecule has 0 aliphatic heterocycles. The van der Waals surface area contributed by atoms with Crippen molar-refractivity contribution in [1.29, 1.82) is 0 Å². The second-order valence-corrected chi connectivity index (χ2v) is 5.45. The topological polar surface area (TPSA) is 46.2 Å². The Hall–Kier alpha value is -0.390. The highest BCUT2D eigenvalue weighted by Crippen LogP contribution is 2.14. The Balaban J connectivity index is 2.61. The zero-order valence-electron chi connectivity index (χ0n) is 6.99. The molecule has 0 atom stereocenters. The molecular weight excluding hydrogens is 194 g/mol. The van der Waals surface area contributed by atoms with Crippen LogP contribution in [0.25, 0.3) is 0 Å². The second-order valence-electron chi connectivity index (χ2n) is 2.62. The van der Waals surface area contributed by atoms with E-state index in [4.69, 9.17) is 0 Å². The van der Waals surface area contributed by atoms with Gasteiger partial charge in [0.05, 0.1) is 6.26 Å². The summed E-state index contributed by atoms with van der Waals surface area (Å²) in [7, 11) is -3.06. The highest BCUT2D eigenvalue weighted by Gasteiger charge is 2.03. The summed E-state index contributed by atoms with van der Waals surface area (Å²) in [5.74, 6) is 0. The normalized spacial score (nSPS) is 11.8. The number of aryl methyl sites for hydroxylation is 1. The maximum Gasteiger partial charge on any atom is 0.209 e. The van der Waals surface area contributed by atoms with Gasteiger partial charge in [0.15, 0.2) is 0 Å². The van der Waals surface area contributed by atoms with E-state index in [1.807, 2.05) is 18.4 Å². The first kappa shape index (κ1) is 9.70. The second kappa shape index (κ2) is 3.55. The zero-order chi connectivity index (χ0) is 9.19. The third-order valence-electron chi connectivity index (χ3n) is 1.46. The van der Waals surface area contributed by atoms with Gasteiger partial charge in [0.1, 0.15) is 0 Å². The fourth-order valence-corrected chi connectivity index (χ4v) is 2.13. The van der Waals surface area contributed by atoms with Crippen molar-refractivity contribution in [2.75, 3.05) is 6.26 Å². The molecule has 1 heterocycles. The van der Waals surface area contributed by atoms with Crippen LogP contribution < -0.4 is 4.72 Å². The van der Waals surface area contributed by atoms with E-state index in [1.54, 1.807) is 11.3 Å². The highest BCUT2D eigenvalue weighted by atomic mass is 32.2. The largest absolute Gasteiger partial charge is 0.213 e. The Morgan fingerprint density at radius 3 is 2.67 bits per heavy atom. The van der Waals surface area contributed by atoms with Gasteiger partial charge in [0.2, 0.25) is 10.0 Å². The van der Waals surface area contributed by atoms with E-state index in [1.165, 1.54) is 0 Å². The van der Waals surface area contributed by atoms with Gasteiger partial charge >= 0.3 is 0 Å². The molecule has 12 heavy (non-hydrogen) atoms. The van der Waals surface area contributed by atoms with Gasteiger partial charge in [0, 0.05) is 11.4 Å². The van der Waals surface area contributed by atoms with Crippen LogP contribution in [-0.2, 0) is 16.6 Å². The summed E-state index contributed by atoms with van der Waals surface area (Å²) in [5, 5.41) is 1.95. The van der Waals surface area contributed by atoms with Crippen molar-refractivity contribution in [1.82, 2.24) is 4.72 Å². The molecule has 0 aliphatic rings. The fourth-order valence-electron chi connectivity index (χ4n) is 0.782. The van der Waals surface area contributed by atoms with Crippen LogP contribution in [0.2, 0.25) is 0 Å². The molecule has 0 fully saturated rings. The lowest BCUT2D eigenvalue weighted by Crippen LogP contribution is -2.20. The quantitative estimate of drug-likeness (QED) is 0.803. The van der Waals surface area contributed by atoms with Gasteiger partial charge in [-0.1, -0.05) is 0 Å². The third kappa shape index (κ3) is 2.92. The summed E-state index contributed by atoms with van der Waals surface area (Å²) in [6, 6.07) is 1.98. The highest BCUT2D eigenvalue weighted by molar-refractivity contribution is 7.88. The van der Waals surface area contributed by atoms with Gasteiger partial charge in [-0.3, -0.25) is 0 Å². The van der Waals surface area contributed by atoms with Crippen LogP contribution in [0.1, 0.15) is 10.4 Å². The minimum absolute atomic E-state index is 0.405. The Morgan fingerprint density at radius 2 is 2.25 bits per heavy atom. The first-order valence-electron chi connectivity index (χ1n) is 3.46. The number of hydrogen-bond donors (Lipinski definition) is 1. The van der Waals surface area contributed by atoms with Gasteiger partial charge in [-0.25, -0.2) is 13.1 Å². The standard InChI is InChI=1S/C7H11NO2S2/c1-6-3-4-11-7(6)5-8-12(2,9)10/h3-4,8H,5H2,1-2H3. The fraction of sp³-hybridized carbons (Fsp3) is 0.429. The summed E-state index contributed by atoms with van der Waals surface area (Å²) in [6.07, 6.45) is 1.16. The van der Waals surface area contributed by atoms with Crippen molar-refractivity contribution in [2.24, 2.45) is 0 Å². The van der Waals surface area contributed by atoms with E-state index in [-0.39, 0.29) is 0 Å². The van der Waals surface area contributed by atoms with E-state index in [0.29, 0.717) is 6.54 Å². The zero-order valence-corrected chi connectivity index (χ0v) is 8.63. The summed E-state index contributed by atoms with van der Waals surface area (Å²) in [4.78, 5) is 1.07. The Labute approximate surface area is 76.5 Å². The number of nitrogens with one attached hydrogen (secondary N) is 1. The van der Waals surface area contributed by atoms with Crippen LogP contribution in [0.5, 0.6) is 0 Å². The van der Waals surface area contributed by atoms with E-state index in [0.717, 1.165) is 16.7 Å². The molecule has 0 bridgehead atoms. The average Bonchev–Trinajstić information content (AvgIpc) is 2.29. The van der Waals surface area contributed by atoms with Crippen LogP contribution in [0, 0.1) is 6.92 Å². The SMILES string of the molecule is Cc1ccsc1CNS(C)(=O)=O. The van der Waals surface area contributed by atoms with Crippen LogP contribution in [0.15, 0.2) is 11.4 Å². The van der Waals surface area contributed by atoms with Gasteiger partial charge in [0.25, 0.3) is 0 Å². The van der Waals surface area contributed by atoms with Crippen molar-refractivity contribution < 1.29 is 8.42 Å². The van der Waals surface area contributed by atoms with E-state index < -0.39 is 10.0 Å². The maximum atomic E-state index is 10.7. The lowest BCUT2D eigenvalue weighted by molar-refractivity contribution is 0.588. The monoisotopic (exact) mass is 205 g/mol. The van der Waals surface area contributed by atoms with Crippen LogP contribution in [0.3, 0.4) is 0 Å². The minimum Gasteiger partial charge on any atom is -0.213 e. The number of rotatable bonds is 3. The Kier molecular flexibility index (Phi) is 2.87. The van der Waals surface area contributed by atoms with Crippen molar-refractivity contribution in [2.45, 2.75) is 13.5 Å². The molecular formula is C7H11NO2S2. The molecule has 0 aliphatic carbocycles. The predicted molar refractivity (Wildman–Crippen MR) is 50.7 cm³/mol.